The quantitative estimate of drug-likeness (QED) is 0.532. The van der Waals surface area contributed by atoms with Gasteiger partial charge >= 0.3 is 0 Å². The van der Waals surface area contributed by atoms with Crippen molar-refractivity contribution in [1.82, 2.24) is 14.8 Å². The largest absolute Gasteiger partial charge is 0.493 e. The van der Waals surface area contributed by atoms with Crippen molar-refractivity contribution in [3.05, 3.63) is 23.3 Å². The molecule has 0 spiro atoms. The van der Waals surface area contributed by atoms with Crippen LogP contribution in [0.3, 0.4) is 0 Å². The van der Waals surface area contributed by atoms with E-state index >= 15 is 0 Å². The summed E-state index contributed by atoms with van der Waals surface area (Å²) in [6.45, 7) is 4.30. The minimum Gasteiger partial charge on any atom is -0.493 e. The predicted molar refractivity (Wildman–Crippen MR) is 139 cm³/mol. The Bertz CT molecular complexity index is 978. The number of anilines is 1. The molecular formula is C28H42N4O2. The molecule has 2 fully saturated rings. The fourth-order valence-corrected chi connectivity index (χ4v) is 6.17. The first-order chi connectivity index (χ1) is 16.6. The summed E-state index contributed by atoms with van der Waals surface area (Å²) in [7, 11) is 6.15. The van der Waals surface area contributed by atoms with Gasteiger partial charge in [0, 0.05) is 30.1 Å². The number of methoxy groups -OCH3 is 1. The minimum absolute atomic E-state index is 0.519. The van der Waals surface area contributed by atoms with Gasteiger partial charge in [-0.1, -0.05) is 0 Å². The van der Waals surface area contributed by atoms with Crippen LogP contribution in [0, 0.1) is 0 Å². The summed E-state index contributed by atoms with van der Waals surface area (Å²) in [4.78, 5) is 10.1. The Hall–Kier alpha value is -2.05. The first kappa shape index (κ1) is 23.7. The van der Waals surface area contributed by atoms with Crippen LogP contribution in [0.2, 0.25) is 0 Å². The van der Waals surface area contributed by atoms with Gasteiger partial charge < -0.3 is 24.6 Å². The third-order valence-electron chi connectivity index (χ3n) is 8.19. The van der Waals surface area contributed by atoms with Crippen LogP contribution in [0.15, 0.2) is 12.1 Å². The highest BCUT2D eigenvalue weighted by atomic mass is 16.5. The lowest BCUT2D eigenvalue weighted by atomic mass is 9.90. The van der Waals surface area contributed by atoms with Gasteiger partial charge in [-0.15, -0.1) is 0 Å². The van der Waals surface area contributed by atoms with Crippen LogP contribution < -0.4 is 14.8 Å². The van der Waals surface area contributed by atoms with Crippen molar-refractivity contribution in [2.45, 2.75) is 76.3 Å². The molecule has 6 nitrogen and oxygen atoms in total. The van der Waals surface area contributed by atoms with Crippen LogP contribution in [0.1, 0.15) is 62.5 Å². The molecule has 0 bridgehead atoms. The molecule has 0 amide bonds. The normalized spacial score (nSPS) is 22.9. The molecule has 1 aromatic carbocycles. The number of pyridine rings is 1. The number of aryl methyl sites for hydroxylation is 1. The molecule has 1 aromatic heterocycles. The summed E-state index contributed by atoms with van der Waals surface area (Å²) in [5, 5.41) is 5.09. The van der Waals surface area contributed by atoms with Gasteiger partial charge in [0.15, 0.2) is 11.5 Å². The monoisotopic (exact) mass is 466 g/mol. The zero-order valence-corrected chi connectivity index (χ0v) is 21.4. The number of hydrogen-bond acceptors (Lipinski definition) is 6. The van der Waals surface area contributed by atoms with Crippen LogP contribution in [0.25, 0.3) is 10.9 Å². The van der Waals surface area contributed by atoms with Crippen molar-refractivity contribution in [1.29, 1.82) is 0 Å². The maximum atomic E-state index is 6.22. The molecule has 1 aliphatic heterocycles. The van der Waals surface area contributed by atoms with E-state index in [1.807, 2.05) is 0 Å². The summed E-state index contributed by atoms with van der Waals surface area (Å²) < 4.78 is 12.0. The molecule has 0 unspecified atom stereocenters. The third kappa shape index (κ3) is 5.13. The summed E-state index contributed by atoms with van der Waals surface area (Å²) in [5.74, 6) is 2.75. The molecule has 6 heteroatoms. The molecule has 3 aliphatic rings. The van der Waals surface area contributed by atoms with E-state index in [1.54, 1.807) is 7.11 Å². The van der Waals surface area contributed by atoms with Crippen molar-refractivity contribution in [2.75, 3.05) is 52.8 Å². The van der Waals surface area contributed by atoms with Crippen LogP contribution >= 0.6 is 0 Å². The van der Waals surface area contributed by atoms with Gasteiger partial charge in [-0.2, -0.15) is 0 Å². The van der Waals surface area contributed by atoms with E-state index in [0.29, 0.717) is 18.7 Å². The third-order valence-corrected chi connectivity index (χ3v) is 8.19. The van der Waals surface area contributed by atoms with Gasteiger partial charge in [0.25, 0.3) is 0 Å². The second kappa shape index (κ2) is 10.7. The Labute approximate surface area is 205 Å². The van der Waals surface area contributed by atoms with E-state index < -0.39 is 0 Å². The first-order valence-corrected chi connectivity index (χ1v) is 13.4. The molecular weight excluding hydrogens is 424 g/mol. The van der Waals surface area contributed by atoms with Crippen molar-refractivity contribution >= 4 is 16.7 Å². The minimum atomic E-state index is 0.519. The maximum absolute atomic E-state index is 6.22. The number of benzene rings is 1. The number of aromatic nitrogens is 1. The van der Waals surface area contributed by atoms with Gasteiger partial charge in [-0.25, -0.2) is 4.98 Å². The van der Waals surface area contributed by atoms with E-state index in [9.17, 15) is 0 Å². The van der Waals surface area contributed by atoms with Crippen molar-refractivity contribution in [3.8, 4) is 11.5 Å². The molecule has 34 heavy (non-hydrogen) atoms. The standard InChI is InChI=1S/C28H42N4O2/c1-31(2)21-12-10-20(11-13-21)29-28-23-9-6-8-22(23)24-18-26(33-3)27(19-25(24)30-28)34-17-7-16-32-14-4-5-15-32/h18-21H,4-17H2,1-3H3,(H,29,30). The number of nitrogens with zero attached hydrogens (tertiary/aromatic N) is 3. The Balaban J connectivity index is 1.33. The number of fused-ring (bicyclic) bond motifs is 3. The van der Waals surface area contributed by atoms with Crippen molar-refractivity contribution in [2.24, 2.45) is 0 Å². The molecule has 5 rings (SSSR count). The highest BCUT2D eigenvalue weighted by Gasteiger charge is 2.26. The number of nitrogens with one attached hydrogen (secondary N) is 1. The van der Waals surface area contributed by atoms with Crippen LogP contribution in [-0.2, 0) is 12.8 Å². The van der Waals surface area contributed by atoms with Gasteiger partial charge in [0.2, 0.25) is 0 Å². The topological polar surface area (TPSA) is 49.9 Å². The molecule has 0 radical (unpaired) electrons. The van der Waals surface area contributed by atoms with Crippen LogP contribution in [-0.4, -0.2) is 74.3 Å². The average Bonchev–Trinajstić information content (AvgIpc) is 3.54. The molecule has 2 aliphatic carbocycles. The maximum Gasteiger partial charge on any atom is 0.163 e. The smallest absolute Gasteiger partial charge is 0.163 e. The van der Waals surface area contributed by atoms with E-state index in [-0.39, 0.29) is 0 Å². The number of likely N-dealkylation sites (tertiary alicyclic amines) is 1. The summed E-state index contributed by atoms with van der Waals surface area (Å²) in [6.07, 6.45) is 12.1. The molecule has 1 N–H and O–H groups in total. The van der Waals surface area contributed by atoms with E-state index in [4.69, 9.17) is 14.5 Å². The molecule has 1 saturated carbocycles. The second-order valence-corrected chi connectivity index (χ2v) is 10.7. The lowest BCUT2D eigenvalue weighted by Crippen LogP contribution is -2.36. The average molecular weight is 467 g/mol. The highest BCUT2D eigenvalue weighted by molar-refractivity contribution is 5.89. The summed E-state index contributed by atoms with van der Waals surface area (Å²) >= 11 is 0. The first-order valence-electron chi connectivity index (χ1n) is 13.4. The van der Waals surface area contributed by atoms with Gasteiger partial charge in [0.05, 0.1) is 19.2 Å². The molecule has 2 aromatic rings. The SMILES string of the molecule is COc1cc2c3c(c(NC4CCC(N(C)C)CC4)nc2cc1OCCCN1CCCC1)CCC3. The van der Waals surface area contributed by atoms with E-state index in [2.05, 4.69) is 41.3 Å². The Morgan fingerprint density at radius 3 is 2.50 bits per heavy atom. The summed E-state index contributed by atoms with van der Waals surface area (Å²) in [6, 6.07) is 5.50. The molecule has 0 atom stereocenters. The Morgan fingerprint density at radius 1 is 1.00 bits per heavy atom. The van der Waals surface area contributed by atoms with Crippen molar-refractivity contribution < 1.29 is 9.47 Å². The van der Waals surface area contributed by atoms with Gasteiger partial charge in [-0.3, -0.25) is 0 Å². The van der Waals surface area contributed by atoms with Crippen LogP contribution in [0.4, 0.5) is 5.82 Å². The predicted octanol–water partition coefficient (Wildman–Crippen LogP) is 4.88. The van der Waals surface area contributed by atoms with Crippen molar-refractivity contribution in [3.63, 3.8) is 0 Å². The number of hydrogen-bond donors (Lipinski definition) is 1. The number of rotatable bonds is 9. The fraction of sp³-hybridized carbons (Fsp3) is 0.679. The zero-order valence-electron chi connectivity index (χ0n) is 21.4. The van der Waals surface area contributed by atoms with E-state index in [1.165, 1.54) is 74.5 Å². The van der Waals surface area contributed by atoms with Gasteiger partial charge in [0.1, 0.15) is 5.82 Å². The molecule has 186 valence electrons. The molecule has 2 heterocycles. The zero-order chi connectivity index (χ0) is 23.5. The Morgan fingerprint density at radius 2 is 1.76 bits per heavy atom. The second-order valence-electron chi connectivity index (χ2n) is 10.7. The van der Waals surface area contributed by atoms with Gasteiger partial charge in [-0.05, 0) is 109 Å². The fourth-order valence-electron chi connectivity index (χ4n) is 6.17. The van der Waals surface area contributed by atoms with E-state index in [0.717, 1.165) is 48.6 Å². The molecule has 1 saturated heterocycles. The lowest BCUT2D eigenvalue weighted by molar-refractivity contribution is 0.221. The lowest BCUT2D eigenvalue weighted by Gasteiger charge is -2.33. The van der Waals surface area contributed by atoms with Crippen LogP contribution in [0.5, 0.6) is 11.5 Å². The number of ether oxygens (including phenoxy) is 2. The summed E-state index contributed by atoms with van der Waals surface area (Å²) in [5.41, 5.74) is 3.90. The highest BCUT2D eigenvalue weighted by Crippen LogP contribution is 2.40. The Kier molecular flexibility index (Phi) is 7.45.